The molecule has 0 bridgehead atoms. The summed E-state index contributed by atoms with van der Waals surface area (Å²) in [7, 11) is 0. The van der Waals surface area contributed by atoms with Crippen molar-refractivity contribution >= 4 is 0 Å². The summed E-state index contributed by atoms with van der Waals surface area (Å²) in [4.78, 5) is 4.56. The summed E-state index contributed by atoms with van der Waals surface area (Å²) in [5.41, 5.74) is 7.77. The number of aromatic nitrogens is 2. The molecule has 0 aromatic carbocycles. The third-order valence-corrected chi connectivity index (χ3v) is 3.36. The quantitative estimate of drug-likeness (QED) is 0.795. The summed E-state index contributed by atoms with van der Waals surface area (Å²) in [6.07, 6.45) is 4.41. The highest BCUT2D eigenvalue weighted by atomic mass is 16.3. The molecule has 16 heavy (non-hydrogen) atoms. The predicted octanol–water partition coefficient (Wildman–Crippen LogP) is 0.849. The minimum Gasteiger partial charge on any atom is -0.390 e. The van der Waals surface area contributed by atoms with Crippen LogP contribution in [0.5, 0.6) is 0 Å². The van der Waals surface area contributed by atoms with Gasteiger partial charge in [0.25, 0.3) is 0 Å². The van der Waals surface area contributed by atoms with Crippen LogP contribution >= 0.6 is 0 Å². The lowest BCUT2D eigenvalue weighted by atomic mass is 10.1. The van der Waals surface area contributed by atoms with Gasteiger partial charge in [0, 0.05) is 18.7 Å². The van der Waals surface area contributed by atoms with Crippen molar-refractivity contribution in [3.8, 4) is 0 Å². The first kappa shape index (κ1) is 11.6. The molecule has 1 atom stereocenters. The molecule has 1 aliphatic heterocycles. The van der Waals surface area contributed by atoms with Gasteiger partial charge in [-0.15, -0.1) is 0 Å². The van der Waals surface area contributed by atoms with Gasteiger partial charge in [-0.05, 0) is 31.7 Å². The molecule has 1 aromatic heterocycles. The molecule has 2 rings (SSSR count). The van der Waals surface area contributed by atoms with E-state index in [1.54, 1.807) is 0 Å². The summed E-state index contributed by atoms with van der Waals surface area (Å²) < 4.78 is 2.29. The molecule has 0 saturated carbocycles. The maximum Gasteiger partial charge on any atom is 0.109 e. The fourth-order valence-corrected chi connectivity index (χ4v) is 2.38. The lowest BCUT2D eigenvalue weighted by Gasteiger charge is -2.18. The van der Waals surface area contributed by atoms with Crippen molar-refractivity contribution in [2.75, 3.05) is 6.54 Å². The third kappa shape index (κ3) is 2.13. The summed E-state index contributed by atoms with van der Waals surface area (Å²) >= 11 is 0. The van der Waals surface area contributed by atoms with Gasteiger partial charge >= 0.3 is 0 Å². The van der Waals surface area contributed by atoms with Gasteiger partial charge in [-0.2, -0.15) is 0 Å². The molecule has 0 amide bonds. The topological polar surface area (TPSA) is 64.1 Å². The second kappa shape index (κ2) is 4.97. The van der Waals surface area contributed by atoms with Crippen LogP contribution in [0.15, 0.2) is 0 Å². The minimum absolute atomic E-state index is 0.0618. The third-order valence-electron chi connectivity index (χ3n) is 3.36. The van der Waals surface area contributed by atoms with Crippen LogP contribution in [0.25, 0.3) is 0 Å². The summed E-state index contributed by atoms with van der Waals surface area (Å²) in [5.74, 6) is 1.57. The largest absolute Gasteiger partial charge is 0.390 e. The van der Waals surface area contributed by atoms with E-state index in [1.165, 1.54) is 18.5 Å². The summed E-state index contributed by atoms with van der Waals surface area (Å²) in [6.45, 7) is 3.95. The van der Waals surface area contributed by atoms with E-state index < -0.39 is 0 Å². The van der Waals surface area contributed by atoms with Crippen molar-refractivity contribution < 1.29 is 5.11 Å². The second-order valence-corrected chi connectivity index (χ2v) is 4.73. The van der Waals surface area contributed by atoms with Crippen molar-refractivity contribution in [1.82, 2.24) is 9.55 Å². The number of nitrogens with zero attached hydrogens (tertiary/aromatic N) is 2. The van der Waals surface area contributed by atoms with Crippen LogP contribution in [0.3, 0.4) is 0 Å². The van der Waals surface area contributed by atoms with Crippen LogP contribution in [-0.4, -0.2) is 21.2 Å². The lowest BCUT2D eigenvalue weighted by molar-refractivity contribution is 0.275. The molecule has 90 valence electrons. The van der Waals surface area contributed by atoms with Crippen LogP contribution in [0, 0.1) is 5.92 Å². The fraction of sp³-hybridized carbons (Fsp3) is 0.750. The first-order valence-corrected chi connectivity index (χ1v) is 6.14. The molecule has 4 nitrogen and oxygen atoms in total. The van der Waals surface area contributed by atoms with Crippen LogP contribution in [0.4, 0.5) is 0 Å². The zero-order chi connectivity index (χ0) is 11.5. The van der Waals surface area contributed by atoms with Gasteiger partial charge in [0.15, 0.2) is 0 Å². The SMILES string of the molecule is CC(CN)Cc1nc(CO)c2n1CCCC2. The van der Waals surface area contributed by atoms with Crippen molar-refractivity contribution in [1.29, 1.82) is 0 Å². The number of aliphatic hydroxyl groups is 1. The molecule has 0 fully saturated rings. The van der Waals surface area contributed by atoms with Crippen molar-refractivity contribution in [3.63, 3.8) is 0 Å². The first-order chi connectivity index (χ1) is 7.76. The van der Waals surface area contributed by atoms with Crippen molar-refractivity contribution in [2.24, 2.45) is 11.7 Å². The van der Waals surface area contributed by atoms with Gasteiger partial charge in [0.2, 0.25) is 0 Å². The highest BCUT2D eigenvalue weighted by Gasteiger charge is 2.19. The minimum atomic E-state index is 0.0618. The van der Waals surface area contributed by atoms with Gasteiger partial charge < -0.3 is 15.4 Å². The number of nitrogens with two attached hydrogens (primary N) is 1. The van der Waals surface area contributed by atoms with Crippen LogP contribution in [0.2, 0.25) is 0 Å². The number of hydrogen-bond acceptors (Lipinski definition) is 3. The maximum absolute atomic E-state index is 9.30. The lowest BCUT2D eigenvalue weighted by Crippen LogP contribution is -2.18. The van der Waals surface area contributed by atoms with Gasteiger partial charge in [-0.25, -0.2) is 4.98 Å². The Morgan fingerprint density at radius 3 is 3.00 bits per heavy atom. The Balaban J connectivity index is 2.27. The van der Waals surface area contributed by atoms with Gasteiger partial charge in [-0.3, -0.25) is 0 Å². The molecule has 0 saturated heterocycles. The van der Waals surface area contributed by atoms with E-state index in [4.69, 9.17) is 5.73 Å². The normalized spacial score (nSPS) is 17.2. The Bertz CT molecular complexity index is 359. The number of hydrogen-bond donors (Lipinski definition) is 2. The van der Waals surface area contributed by atoms with E-state index in [2.05, 4.69) is 16.5 Å². The highest BCUT2D eigenvalue weighted by molar-refractivity contribution is 5.19. The van der Waals surface area contributed by atoms with Gasteiger partial charge in [-0.1, -0.05) is 6.92 Å². The molecule has 4 heteroatoms. The number of rotatable bonds is 4. The molecule has 0 aliphatic carbocycles. The monoisotopic (exact) mass is 223 g/mol. The van der Waals surface area contributed by atoms with E-state index in [-0.39, 0.29) is 6.61 Å². The highest BCUT2D eigenvalue weighted by Crippen LogP contribution is 2.22. The van der Waals surface area contributed by atoms with Crippen LogP contribution in [0.1, 0.15) is 37.0 Å². The molecule has 0 radical (unpaired) electrons. The molecular weight excluding hydrogens is 202 g/mol. The summed E-state index contributed by atoms with van der Waals surface area (Å²) in [6, 6.07) is 0. The zero-order valence-electron chi connectivity index (χ0n) is 9.95. The Morgan fingerprint density at radius 2 is 2.31 bits per heavy atom. The molecule has 1 aromatic rings. The van der Waals surface area contributed by atoms with E-state index >= 15 is 0 Å². The van der Waals surface area contributed by atoms with Crippen LogP contribution in [-0.2, 0) is 26.0 Å². The standard InChI is InChI=1S/C12H21N3O/c1-9(7-13)6-12-14-10(8-16)11-4-2-3-5-15(11)12/h9,16H,2-8,13H2,1H3. The number of fused-ring (bicyclic) bond motifs is 1. The van der Waals surface area contributed by atoms with Gasteiger partial charge in [0.05, 0.1) is 12.3 Å². The smallest absolute Gasteiger partial charge is 0.109 e. The molecule has 2 heterocycles. The molecule has 3 N–H and O–H groups in total. The number of aliphatic hydroxyl groups excluding tert-OH is 1. The van der Waals surface area contributed by atoms with Gasteiger partial charge in [0.1, 0.15) is 5.82 Å². The average molecular weight is 223 g/mol. The molecule has 1 aliphatic rings. The zero-order valence-corrected chi connectivity index (χ0v) is 9.95. The second-order valence-electron chi connectivity index (χ2n) is 4.73. The first-order valence-electron chi connectivity index (χ1n) is 6.14. The molecular formula is C12H21N3O. The Labute approximate surface area is 96.5 Å². The fourth-order valence-electron chi connectivity index (χ4n) is 2.38. The van der Waals surface area contributed by atoms with E-state index in [0.29, 0.717) is 12.5 Å². The maximum atomic E-state index is 9.30. The van der Waals surface area contributed by atoms with E-state index in [1.807, 2.05) is 0 Å². The van der Waals surface area contributed by atoms with E-state index in [9.17, 15) is 5.11 Å². The predicted molar refractivity (Wildman–Crippen MR) is 63.0 cm³/mol. The molecule has 1 unspecified atom stereocenters. The van der Waals surface area contributed by atoms with Crippen molar-refractivity contribution in [3.05, 3.63) is 17.2 Å². The summed E-state index contributed by atoms with van der Waals surface area (Å²) in [5, 5.41) is 9.30. The molecule has 0 spiro atoms. The number of imidazole rings is 1. The van der Waals surface area contributed by atoms with Crippen LogP contribution < -0.4 is 5.73 Å². The Kier molecular flexibility index (Phi) is 3.61. The van der Waals surface area contributed by atoms with E-state index in [0.717, 1.165) is 30.9 Å². The van der Waals surface area contributed by atoms with Crippen molar-refractivity contribution in [2.45, 2.75) is 45.8 Å². The Hall–Kier alpha value is -0.870. The Morgan fingerprint density at radius 1 is 1.50 bits per heavy atom. The average Bonchev–Trinajstić information content (AvgIpc) is 2.68.